The molecular weight excluding hydrogens is 246 g/mol. The largest absolute Gasteiger partial charge is 0.336 e. The second-order valence-corrected chi connectivity index (χ2v) is 6.79. The molecule has 5 heteroatoms. The summed E-state index contributed by atoms with van der Waals surface area (Å²) in [7, 11) is 0. The van der Waals surface area contributed by atoms with Gasteiger partial charge in [-0.3, -0.25) is 4.79 Å². The zero-order valence-corrected chi connectivity index (χ0v) is 12.1. The molecule has 2 heterocycles. The number of aromatic nitrogens is 1. The Morgan fingerprint density at radius 3 is 2.89 bits per heavy atom. The minimum absolute atomic E-state index is 0.0943. The molecule has 0 spiro atoms. The molecule has 2 N–H and O–H groups in total. The number of hydrogen-bond acceptors (Lipinski definition) is 4. The number of amides is 1. The van der Waals surface area contributed by atoms with Crippen molar-refractivity contribution in [1.82, 2.24) is 9.88 Å². The highest BCUT2D eigenvalue weighted by molar-refractivity contribution is 7.11. The maximum atomic E-state index is 12.5. The van der Waals surface area contributed by atoms with Gasteiger partial charge in [0.1, 0.15) is 4.88 Å². The second-order valence-electron chi connectivity index (χ2n) is 5.93. The molecule has 1 fully saturated rings. The van der Waals surface area contributed by atoms with Gasteiger partial charge in [-0.25, -0.2) is 4.98 Å². The lowest BCUT2D eigenvalue weighted by Crippen LogP contribution is -2.45. The molecule has 1 aliphatic rings. The number of thiazole rings is 1. The lowest BCUT2D eigenvalue weighted by Gasteiger charge is -2.31. The van der Waals surface area contributed by atoms with Crippen molar-refractivity contribution in [2.24, 2.45) is 5.73 Å². The summed E-state index contributed by atoms with van der Waals surface area (Å²) in [6.07, 6.45) is 2.01. The maximum absolute atomic E-state index is 12.5. The van der Waals surface area contributed by atoms with E-state index in [4.69, 9.17) is 5.73 Å². The van der Waals surface area contributed by atoms with Crippen LogP contribution in [0.15, 0.2) is 5.51 Å². The molecule has 1 atom stereocenters. The molecule has 18 heavy (non-hydrogen) atoms. The van der Waals surface area contributed by atoms with Gasteiger partial charge in [0.05, 0.1) is 11.2 Å². The number of piperidine rings is 1. The van der Waals surface area contributed by atoms with Crippen molar-refractivity contribution >= 4 is 17.2 Å². The van der Waals surface area contributed by atoms with Gasteiger partial charge in [0.2, 0.25) is 0 Å². The van der Waals surface area contributed by atoms with Crippen molar-refractivity contribution in [1.29, 1.82) is 0 Å². The summed E-state index contributed by atoms with van der Waals surface area (Å²) in [6.45, 7) is 7.73. The van der Waals surface area contributed by atoms with Crippen LogP contribution in [0.2, 0.25) is 0 Å². The van der Waals surface area contributed by atoms with Crippen LogP contribution in [-0.2, 0) is 5.41 Å². The SMILES string of the molecule is CC(C)(C)c1ncsc1C(=O)N1CCC[C@H](N)C1. The average molecular weight is 267 g/mol. The van der Waals surface area contributed by atoms with Gasteiger partial charge in [-0.2, -0.15) is 0 Å². The molecule has 0 unspecified atom stereocenters. The smallest absolute Gasteiger partial charge is 0.265 e. The summed E-state index contributed by atoms with van der Waals surface area (Å²) < 4.78 is 0. The quantitative estimate of drug-likeness (QED) is 0.846. The van der Waals surface area contributed by atoms with Gasteiger partial charge in [0, 0.05) is 24.5 Å². The van der Waals surface area contributed by atoms with Crippen LogP contribution in [0.1, 0.15) is 49.0 Å². The summed E-state index contributed by atoms with van der Waals surface area (Å²) in [5.41, 5.74) is 8.50. The lowest BCUT2D eigenvalue weighted by atomic mass is 9.91. The fraction of sp³-hybridized carbons (Fsp3) is 0.692. The number of hydrogen-bond donors (Lipinski definition) is 1. The van der Waals surface area contributed by atoms with Crippen molar-refractivity contribution in [3.63, 3.8) is 0 Å². The fourth-order valence-electron chi connectivity index (χ4n) is 2.27. The molecular formula is C13H21N3OS. The number of rotatable bonds is 1. The molecule has 1 aromatic rings. The van der Waals surface area contributed by atoms with Gasteiger partial charge in [-0.1, -0.05) is 20.8 Å². The molecule has 4 nitrogen and oxygen atoms in total. The molecule has 1 saturated heterocycles. The standard InChI is InChI=1S/C13H21N3OS/c1-13(2,3)11-10(18-8-15-11)12(17)16-6-4-5-9(14)7-16/h8-9H,4-7,14H2,1-3H3/t9-/m0/s1. The van der Waals surface area contributed by atoms with E-state index < -0.39 is 0 Å². The van der Waals surface area contributed by atoms with Crippen LogP contribution < -0.4 is 5.73 Å². The van der Waals surface area contributed by atoms with Crippen molar-refractivity contribution in [2.75, 3.05) is 13.1 Å². The molecule has 100 valence electrons. The summed E-state index contributed by atoms with van der Waals surface area (Å²) in [4.78, 5) is 19.5. The molecule has 1 aromatic heterocycles. The second kappa shape index (κ2) is 4.97. The Kier molecular flexibility index (Phi) is 3.73. The molecule has 1 amide bonds. The summed E-state index contributed by atoms with van der Waals surface area (Å²) in [5.74, 6) is 0.0950. The Morgan fingerprint density at radius 1 is 1.56 bits per heavy atom. The van der Waals surface area contributed by atoms with Gasteiger partial charge in [0.25, 0.3) is 5.91 Å². The Morgan fingerprint density at radius 2 is 2.28 bits per heavy atom. The van der Waals surface area contributed by atoms with Crippen molar-refractivity contribution in [3.8, 4) is 0 Å². The number of nitrogens with zero attached hydrogens (tertiary/aromatic N) is 2. The topological polar surface area (TPSA) is 59.2 Å². The first-order valence-corrected chi connectivity index (χ1v) is 7.26. The Labute approximate surface area is 112 Å². The van der Waals surface area contributed by atoms with Crippen LogP contribution in [0.4, 0.5) is 0 Å². The molecule has 0 aromatic carbocycles. The molecule has 0 saturated carbocycles. The van der Waals surface area contributed by atoms with Gasteiger partial charge in [-0.15, -0.1) is 11.3 Å². The van der Waals surface area contributed by atoms with E-state index in [2.05, 4.69) is 25.8 Å². The normalized spacial score (nSPS) is 21.1. The van der Waals surface area contributed by atoms with Crippen molar-refractivity contribution < 1.29 is 4.79 Å². The number of nitrogens with two attached hydrogens (primary N) is 1. The summed E-state index contributed by atoms with van der Waals surface area (Å²) >= 11 is 1.44. The lowest BCUT2D eigenvalue weighted by molar-refractivity contribution is 0.0711. The minimum Gasteiger partial charge on any atom is -0.336 e. The minimum atomic E-state index is -0.0943. The zero-order chi connectivity index (χ0) is 13.3. The third kappa shape index (κ3) is 2.72. The van der Waals surface area contributed by atoms with Gasteiger partial charge >= 0.3 is 0 Å². The molecule has 1 aliphatic heterocycles. The van der Waals surface area contributed by atoms with E-state index in [-0.39, 0.29) is 17.4 Å². The predicted octanol–water partition coefficient (Wildman–Crippen LogP) is 2.00. The van der Waals surface area contributed by atoms with E-state index in [0.29, 0.717) is 6.54 Å². The highest BCUT2D eigenvalue weighted by Gasteiger charge is 2.29. The van der Waals surface area contributed by atoms with E-state index >= 15 is 0 Å². The Balaban J connectivity index is 2.21. The van der Waals surface area contributed by atoms with E-state index in [9.17, 15) is 4.79 Å². The Bertz CT molecular complexity index is 436. The van der Waals surface area contributed by atoms with E-state index in [1.807, 2.05) is 4.90 Å². The van der Waals surface area contributed by atoms with Gasteiger partial charge < -0.3 is 10.6 Å². The van der Waals surface area contributed by atoms with Crippen LogP contribution in [0.3, 0.4) is 0 Å². The molecule has 0 bridgehead atoms. The number of carbonyl (C=O) groups excluding carboxylic acids is 1. The monoisotopic (exact) mass is 267 g/mol. The average Bonchev–Trinajstić information content (AvgIpc) is 2.76. The highest BCUT2D eigenvalue weighted by atomic mass is 32.1. The molecule has 0 radical (unpaired) electrons. The molecule has 2 rings (SSSR count). The van der Waals surface area contributed by atoms with Gasteiger partial charge in [0.15, 0.2) is 0 Å². The highest BCUT2D eigenvalue weighted by Crippen LogP contribution is 2.28. The first-order chi connectivity index (χ1) is 8.39. The van der Waals surface area contributed by atoms with Crippen LogP contribution in [0.25, 0.3) is 0 Å². The number of likely N-dealkylation sites (tertiary alicyclic amines) is 1. The van der Waals surface area contributed by atoms with E-state index in [1.165, 1.54) is 11.3 Å². The van der Waals surface area contributed by atoms with E-state index in [0.717, 1.165) is 30.0 Å². The van der Waals surface area contributed by atoms with E-state index in [1.54, 1.807) is 5.51 Å². The van der Waals surface area contributed by atoms with Crippen LogP contribution in [-0.4, -0.2) is 34.9 Å². The van der Waals surface area contributed by atoms with Crippen LogP contribution >= 0.6 is 11.3 Å². The van der Waals surface area contributed by atoms with Crippen LogP contribution in [0, 0.1) is 0 Å². The third-order valence-corrected chi connectivity index (χ3v) is 4.03. The summed E-state index contributed by atoms with van der Waals surface area (Å²) in [5, 5.41) is 0. The molecule has 0 aliphatic carbocycles. The fourth-order valence-corrected chi connectivity index (χ4v) is 3.23. The summed E-state index contributed by atoms with van der Waals surface area (Å²) in [6, 6.07) is 0.119. The van der Waals surface area contributed by atoms with Crippen LogP contribution in [0.5, 0.6) is 0 Å². The predicted molar refractivity (Wildman–Crippen MR) is 73.9 cm³/mol. The first-order valence-electron chi connectivity index (χ1n) is 6.38. The maximum Gasteiger partial charge on any atom is 0.265 e. The first kappa shape index (κ1) is 13.5. The third-order valence-electron chi connectivity index (χ3n) is 3.22. The van der Waals surface area contributed by atoms with Gasteiger partial charge in [-0.05, 0) is 12.8 Å². The van der Waals surface area contributed by atoms with Crippen molar-refractivity contribution in [3.05, 3.63) is 16.1 Å². The number of carbonyl (C=O) groups is 1. The van der Waals surface area contributed by atoms with Crippen molar-refractivity contribution in [2.45, 2.75) is 45.1 Å². The zero-order valence-electron chi connectivity index (χ0n) is 11.3. The Hall–Kier alpha value is -0.940.